The van der Waals surface area contributed by atoms with Crippen LogP contribution in [-0.4, -0.2) is 5.11 Å². The molecule has 0 saturated heterocycles. The lowest BCUT2D eigenvalue weighted by Gasteiger charge is -2.10. The predicted molar refractivity (Wildman–Crippen MR) is 75.9 cm³/mol. The topological polar surface area (TPSA) is 29.5 Å². The fourth-order valence-electron chi connectivity index (χ4n) is 1.67. The molecule has 2 nitrogen and oxygen atoms in total. The maximum absolute atomic E-state index is 13.1. The molecule has 1 atom stereocenters. The van der Waals surface area contributed by atoms with Gasteiger partial charge in [-0.3, -0.25) is 0 Å². The van der Waals surface area contributed by atoms with Gasteiger partial charge in [-0.05, 0) is 58.2 Å². The summed E-state index contributed by atoms with van der Waals surface area (Å²) in [7, 11) is 0. The molecule has 1 N–H and O–H groups in total. The minimum atomic E-state index is -0.450. The molecule has 0 aliphatic rings. The first-order valence-corrected chi connectivity index (χ1v) is 6.80. The number of aliphatic hydroxyl groups excluding tert-OH is 1. The molecule has 0 saturated carbocycles. The van der Waals surface area contributed by atoms with Crippen LogP contribution < -0.4 is 4.74 Å². The normalized spacial score (nSPS) is 12.2. The molecule has 0 fully saturated rings. The smallest absolute Gasteiger partial charge is 0.137 e. The molecule has 0 heterocycles. The van der Waals surface area contributed by atoms with Gasteiger partial charge in [0.2, 0.25) is 0 Å². The van der Waals surface area contributed by atoms with Crippen LogP contribution in [0.2, 0.25) is 0 Å². The lowest BCUT2D eigenvalue weighted by molar-refractivity contribution is 0.173. The Bertz CT molecular complexity index is 555. The number of halogens is 2. The van der Waals surface area contributed by atoms with E-state index in [9.17, 15) is 9.50 Å². The van der Waals surface area contributed by atoms with Crippen molar-refractivity contribution in [2.75, 3.05) is 0 Å². The molecule has 2 rings (SSSR count). The summed E-state index contributed by atoms with van der Waals surface area (Å²) in [6, 6.07) is 11.7. The molecule has 0 amide bonds. The Kier molecular flexibility index (Phi) is 4.56. The van der Waals surface area contributed by atoms with Gasteiger partial charge >= 0.3 is 0 Å². The molecular weight excluding hydrogens is 311 g/mol. The molecule has 100 valence electrons. The Hall–Kier alpha value is -1.39. The fourth-order valence-corrected chi connectivity index (χ4v) is 2.03. The minimum Gasteiger partial charge on any atom is -0.457 e. The van der Waals surface area contributed by atoms with Crippen molar-refractivity contribution in [1.29, 1.82) is 0 Å². The first-order chi connectivity index (χ1) is 9.10. The Morgan fingerprint density at radius 1 is 1.16 bits per heavy atom. The summed E-state index contributed by atoms with van der Waals surface area (Å²) >= 11 is 3.11. The van der Waals surface area contributed by atoms with Gasteiger partial charge in [0.1, 0.15) is 17.3 Å². The SMILES string of the molecule is CC[C@H](O)c1ccc(Oc2ccc(F)c(Br)c2)cc1. The first kappa shape index (κ1) is 14.0. The Morgan fingerprint density at radius 2 is 1.79 bits per heavy atom. The van der Waals surface area contributed by atoms with Crippen LogP contribution >= 0.6 is 15.9 Å². The predicted octanol–water partition coefficient (Wildman–Crippen LogP) is 4.82. The summed E-state index contributed by atoms with van der Waals surface area (Å²) in [4.78, 5) is 0. The number of hydrogen-bond acceptors (Lipinski definition) is 2. The highest BCUT2D eigenvalue weighted by molar-refractivity contribution is 9.10. The molecule has 0 spiro atoms. The molecule has 2 aromatic rings. The third-order valence-electron chi connectivity index (χ3n) is 2.78. The molecule has 0 radical (unpaired) electrons. The second-order valence-electron chi connectivity index (χ2n) is 4.17. The lowest BCUT2D eigenvalue weighted by Crippen LogP contribution is -1.94. The van der Waals surface area contributed by atoms with E-state index in [1.807, 2.05) is 19.1 Å². The van der Waals surface area contributed by atoms with E-state index in [2.05, 4.69) is 15.9 Å². The molecule has 0 aromatic heterocycles. The van der Waals surface area contributed by atoms with E-state index in [1.54, 1.807) is 24.3 Å². The van der Waals surface area contributed by atoms with Gasteiger partial charge in [-0.25, -0.2) is 4.39 Å². The van der Waals surface area contributed by atoms with E-state index in [-0.39, 0.29) is 5.82 Å². The van der Waals surface area contributed by atoms with Crippen LogP contribution in [0.3, 0.4) is 0 Å². The molecule has 0 bridgehead atoms. The lowest BCUT2D eigenvalue weighted by atomic mass is 10.1. The highest BCUT2D eigenvalue weighted by atomic mass is 79.9. The standard InChI is InChI=1S/C15H14BrFO2/c1-2-15(18)10-3-5-11(6-4-10)19-12-7-8-14(17)13(16)9-12/h3-9,15,18H,2H2,1H3/t15-/m0/s1. The number of hydrogen-bond donors (Lipinski definition) is 1. The van der Waals surface area contributed by atoms with E-state index in [0.717, 1.165) is 5.56 Å². The van der Waals surface area contributed by atoms with Crippen molar-refractivity contribution in [3.05, 3.63) is 58.3 Å². The van der Waals surface area contributed by atoms with Crippen molar-refractivity contribution in [3.63, 3.8) is 0 Å². The maximum atomic E-state index is 13.1. The Balaban J connectivity index is 2.12. The summed E-state index contributed by atoms with van der Waals surface area (Å²) in [5.74, 6) is 0.872. The van der Waals surface area contributed by atoms with Crippen LogP contribution in [0.25, 0.3) is 0 Å². The van der Waals surface area contributed by atoms with Gasteiger partial charge in [-0.1, -0.05) is 19.1 Å². The van der Waals surface area contributed by atoms with E-state index in [1.165, 1.54) is 6.07 Å². The van der Waals surface area contributed by atoms with Crippen molar-refractivity contribution in [3.8, 4) is 11.5 Å². The summed E-state index contributed by atoms with van der Waals surface area (Å²) in [5.41, 5.74) is 0.857. The van der Waals surface area contributed by atoms with Crippen LogP contribution in [0.1, 0.15) is 25.0 Å². The maximum Gasteiger partial charge on any atom is 0.137 e. The van der Waals surface area contributed by atoms with Crippen molar-refractivity contribution in [2.24, 2.45) is 0 Å². The van der Waals surface area contributed by atoms with Gasteiger partial charge in [0.05, 0.1) is 10.6 Å². The van der Waals surface area contributed by atoms with Crippen LogP contribution in [0.5, 0.6) is 11.5 Å². The molecule has 0 aliphatic carbocycles. The first-order valence-electron chi connectivity index (χ1n) is 6.01. The quantitative estimate of drug-likeness (QED) is 0.873. The number of aliphatic hydroxyl groups is 1. The van der Waals surface area contributed by atoms with Crippen molar-refractivity contribution in [1.82, 2.24) is 0 Å². The molecule has 4 heteroatoms. The average molecular weight is 325 g/mol. The number of rotatable bonds is 4. The highest BCUT2D eigenvalue weighted by Crippen LogP contribution is 2.27. The van der Waals surface area contributed by atoms with Crippen molar-refractivity contribution < 1.29 is 14.2 Å². The average Bonchev–Trinajstić information content (AvgIpc) is 2.43. The molecule has 2 aromatic carbocycles. The van der Waals surface area contributed by atoms with Gasteiger partial charge in [0.25, 0.3) is 0 Å². The van der Waals surface area contributed by atoms with Crippen molar-refractivity contribution in [2.45, 2.75) is 19.4 Å². The van der Waals surface area contributed by atoms with Crippen LogP contribution in [-0.2, 0) is 0 Å². The molecule has 0 aliphatic heterocycles. The largest absolute Gasteiger partial charge is 0.457 e. The fraction of sp³-hybridized carbons (Fsp3) is 0.200. The summed E-state index contributed by atoms with van der Waals surface area (Å²) < 4.78 is 19.1. The summed E-state index contributed by atoms with van der Waals surface area (Å²) in [5, 5.41) is 9.69. The van der Waals surface area contributed by atoms with Gasteiger partial charge in [-0.15, -0.1) is 0 Å². The van der Waals surface area contributed by atoms with Gasteiger partial charge < -0.3 is 9.84 Å². The number of ether oxygens (including phenoxy) is 1. The van der Waals surface area contributed by atoms with E-state index in [4.69, 9.17) is 4.74 Å². The van der Waals surface area contributed by atoms with Gasteiger partial charge in [0.15, 0.2) is 0 Å². The van der Waals surface area contributed by atoms with Crippen LogP contribution in [0.15, 0.2) is 46.9 Å². The number of benzene rings is 2. The van der Waals surface area contributed by atoms with Crippen LogP contribution in [0, 0.1) is 5.82 Å². The van der Waals surface area contributed by atoms with Gasteiger partial charge in [0, 0.05) is 0 Å². The molecule has 0 unspecified atom stereocenters. The monoisotopic (exact) mass is 324 g/mol. The van der Waals surface area contributed by atoms with E-state index < -0.39 is 6.10 Å². The summed E-state index contributed by atoms with van der Waals surface area (Å²) in [6.07, 6.45) is 0.222. The van der Waals surface area contributed by atoms with Crippen molar-refractivity contribution >= 4 is 15.9 Å². The Morgan fingerprint density at radius 3 is 2.37 bits per heavy atom. The molecular formula is C15H14BrFO2. The highest BCUT2D eigenvalue weighted by Gasteiger charge is 2.06. The van der Waals surface area contributed by atoms with Gasteiger partial charge in [-0.2, -0.15) is 0 Å². The van der Waals surface area contributed by atoms with Crippen LogP contribution in [0.4, 0.5) is 4.39 Å². The third-order valence-corrected chi connectivity index (χ3v) is 3.39. The second kappa shape index (κ2) is 6.17. The zero-order valence-electron chi connectivity index (χ0n) is 10.4. The zero-order chi connectivity index (χ0) is 13.8. The Labute approximate surface area is 120 Å². The second-order valence-corrected chi connectivity index (χ2v) is 5.03. The van der Waals surface area contributed by atoms with E-state index in [0.29, 0.717) is 22.4 Å². The minimum absolute atomic E-state index is 0.325. The molecule has 19 heavy (non-hydrogen) atoms. The summed E-state index contributed by atoms with van der Waals surface area (Å²) in [6.45, 7) is 1.92. The zero-order valence-corrected chi connectivity index (χ0v) is 12.0. The third kappa shape index (κ3) is 3.55. The van der Waals surface area contributed by atoms with E-state index >= 15 is 0 Å².